The maximum atomic E-state index is 12.5. The van der Waals surface area contributed by atoms with Crippen LogP contribution in [-0.2, 0) is 23.2 Å². The fraction of sp³-hybridized carbons (Fsp3) is 0.829. The molecule has 0 aromatic carbocycles. The molecule has 0 spiro atoms. The molecule has 0 aliphatic carbocycles. The largest absolute Gasteiger partial charge is 0.465 e. The van der Waals surface area contributed by atoms with Crippen LogP contribution in [-0.4, -0.2) is 94.7 Å². The summed E-state index contributed by atoms with van der Waals surface area (Å²) >= 11 is 0. The number of hydrogen-bond acceptors (Lipinski definition) is 9. The van der Waals surface area contributed by atoms with E-state index >= 15 is 0 Å². The molecule has 0 fully saturated rings. The van der Waals surface area contributed by atoms with E-state index in [1.807, 2.05) is 29.5 Å². The van der Waals surface area contributed by atoms with E-state index in [-0.39, 0.29) is 23.8 Å². The van der Waals surface area contributed by atoms with Gasteiger partial charge in [-0.2, -0.15) is 0 Å². The minimum absolute atomic E-state index is 0.116. The monoisotopic (exact) mass is 709 g/mol. The summed E-state index contributed by atoms with van der Waals surface area (Å²) in [6.45, 7) is 31.7. The van der Waals surface area contributed by atoms with Gasteiger partial charge in [0.05, 0.1) is 25.0 Å². The number of nitrogens with one attached hydrogen (secondary N) is 4. The molecule has 0 rings (SSSR count). The Morgan fingerprint density at radius 1 is 0.625 bits per heavy atom. The Kier molecular flexibility index (Phi) is 23.8. The Labute approximate surface area is 299 Å². The molecule has 6 unspecified atom stereocenters. The lowest BCUT2D eigenvalue weighted by molar-refractivity contribution is -0.148. The van der Waals surface area contributed by atoms with E-state index in [0.717, 1.165) is 74.8 Å². The zero-order valence-corrected chi connectivity index (χ0v) is 35.1. The predicted octanol–water partition coefficient (Wildman–Crippen LogP) is 4.62. The molecule has 0 heterocycles. The van der Waals surface area contributed by atoms with Crippen LogP contribution in [0.2, 0.25) is 38.3 Å². The van der Waals surface area contributed by atoms with Gasteiger partial charge in [0.25, 0.3) is 0 Å². The molecule has 9 nitrogen and oxygen atoms in total. The molecule has 0 radical (unpaired) electrons. The van der Waals surface area contributed by atoms with Crippen LogP contribution in [0, 0.1) is 11.8 Å². The number of ether oxygens (including phenoxy) is 2. The Morgan fingerprint density at radius 2 is 1.02 bits per heavy atom. The van der Waals surface area contributed by atoms with Crippen molar-refractivity contribution in [2.75, 3.05) is 26.3 Å². The minimum Gasteiger partial charge on any atom is -0.465 e. The molecule has 0 aliphatic rings. The average Bonchev–Trinajstić information content (AvgIpc) is 2.96. The van der Waals surface area contributed by atoms with Crippen LogP contribution < -0.4 is 21.3 Å². The molecule has 4 N–H and O–H groups in total. The first-order valence-electron chi connectivity index (χ1n) is 18.6. The summed E-state index contributed by atoms with van der Waals surface area (Å²) in [4.78, 5) is 25.1. The molecule has 278 valence electrons. The van der Waals surface area contributed by atoms with E-state index < -0.39 is 16.6 Å². The molecule has 0 bridgehead atoms. The highest BCUT2D eigenvalue weighted by atomic mass is 28.4. The van der Waals surface area contributed by atoms with Gasteiger partial charge in [-0.05, 0) is 129 Å². The van der Waals surface area contributed by atoms with E-state index in [2.05, 4.69) is 88.3 Å². The highest BCUT2D eigenvalue weighted by Crippen LogP contribution is 2.24. The van der Waals surface area contributed by atoms with Crippen molar-refractivity contribution in [3.8, 4) is 0 Å². The predicted molar refractivity (Wildman–Crippen MR) is 214 cm³/mol. The van der Waals surface area contributed by atoms with Crippen LogP contribution in [0.15, 0.2) is 24.4 Å². The molecule has 6 atom stereocenters. The van der Waals surface area contributed by atoms with E-state index in [1.165, 1.54) is 0 Å². The van der Waals surface area contributed by atoms with Gasteiger partial charge in [-0.15, -0.1) is 0 Å². The van der Waals surface area contributed by atoms with Crippen LogP contribution in [0.5, 0.6) is 0 Å². The number of carbonyl (C=O) groups is 2. The van der Waals surface area contributed by atoms with Crippen molar-refractivity contribution in [3.05, 3.63) is 24.4 Å². The van der Waals surface area contributed by atoms with Gasteiger partial charge in [-0.3, -0.25) is 9.59 Å². The van der Waals surface area contributed by atoms with Crippen molar-refractivity contribution < 1.29 is 23.2 Å². The minimum atomic E-state index is -1.92. The smallest absolute Gasteiger partial charge is 0.309 e. The fourth-order valence-electron chi connectivity index (χ4n) is 5.79. The maximum Gasteiger partial charge on any atom is 0.309 e. The number of hydrogen-bond donors (Lipinski definition) is 4. The summed E-state index contributed by atoms with van der Waals surface area (Å²) < 4.78 is 18.0. The third-order valence-corrected chi connectivity index (χ3v) is 16.1. The van der Waals surface area contributed by atoms with Crippen LogP contribution in [0.1, 0.15) is 86.5 Å². The molecule has 0 aliphatic heterocycles. The normalized spacial score (nSPS) is 15.8. The van der Waals surface area contributed by atoms with Crippen molar-refractivity contribution in [1.82, 2.24) is 21.3 Å². The van der Waals surface area contributed by atoms with Crippen molar-refractivity contribution in [3.63, 3.8) is 0 Å². The van der Waals surface area contributed by atoms with Crippen LogP contribution in [0.4, 0.5) is 0 Å². The molecule has 13 heteroatoms. The first kappa shape index (κ1) is 46.5. The third-order valence-electron chi connectivity index (χ3n) is 8.59. The van der Waals surface area contributed by atoms with E-state index in [9.17, 15) is 9.59 Å². The highest BCUT2D eigenvalue weighted by Gasteiger charge is 2.32. The van der Waals surface area contributed by atoms with Gasteiger partial charge in [0, 0.05) is 30.7 Å². The fourth-order valence-corrected chi connectivity index (χ4v) is 14.6. The van der Waals surface area contributed by atoms with Gasteiger partial charge in [-0.1, -0.05) is 27.0 Å². The third kappa shape index (κ3) is 25.4. The first-order valence-corrected chi connectivity index (χ1v) is 24.8. The van der Waals surface area contributed by atoms with Crippen molar-refractivity contribution in [2.24, 2.45) is 11.8 Å². The Bertz CT molecular complexity index is 960. The second-order valence-electron chi connectivity index (χ2n) is 15.7. The lowest BCUT2D eigenvalue weighted by Crippen LogP contribution is -2.44. The van der Waals surface area contributed by atoms with Crippen LogP contribution in [0.3, 0.4) is 0 Å². The summed E-state index contributed by atoms with van der Waals surface area (Å²) in [5, 5.41) is 13.7. The van der Waals surface area contributed by atoms with Gasteiger partial charge in [0.15, 0.2) is 32.3 Å². The molecular weight excluding hydrogens is 634 g/mol. The topological polar surface area (TPSA) is 110 Å². The standard InChI is InChI=1S/C35H74B2N4O5Si2/c1-26(19-20-38-28(3)15-17-30(5)40-32(7)36)34(42)44-21-13-23-47(9,10)46-48(11,12)24-14-22-45-35(43)27(2)25-39-29(4)16-18-31(6)41-33(8)37/h26-31,38-41H,7-8,13-25,36-37H2,1-6,9-12H3. The summed E-state index contributed by atoms with van der Waals surface area (Å²) in [6.07, 6.45) is 6.62. The maximum absolute atomic E-state index is 12.5. The van der Waals surface area contributed by atoms with Crippen molar-refractivity contribution in [1.29, 1.82) is 0 Å². The first-order chi connectivity index (χ1) is 22.2. The van der Waals surface area contributed by atoms with E-state index in [4.69, 9.17) is 13.6 Å². The molecule has 48 heavy (non-hydrogen) atoms. The lowest BCUT2D eigenvalue weighted by atomic mass is 10.0. The Hall–Kier alpha value is -1.54. The molecule has 0 aromatic rings. The van der Waals surface area contributed by atoms with Gasteiger partial charge < -0.3 is 34.9 Å². The highest BCUT2D eigenvalue weighted by molar-refractivity contribution is 6.84. The summed E-state index contributed by atoms with van der Waals surface area (Å²) in [6, 6.07) is 3.43. The Balaban J connectivity index is 4.20. The molecule has 0 saturated heterocycles. The summed E-state index contributed by atoms with van der Waals surface area (Å²) in [7, 11) is 0.132. The van der Waals surface area contributed by atoms with Gasteiger partial charge in [0.1, 0.15) is 0 Å². The van der Waals surface area contributed by atoms with Gasteiger partial charge in [0.2, 0.25) is 0 Å². The SMILES string of the molecule is BC(=C)NC(C)CCC(C)NCCC(C)C(=O)OCCC[Si](C)(C)O[Si](C)(C)CCCOC(=O)C(C)CNC(C)CCC(C)NC(B)=C. The quantitative estimate of drug-likeness (QED) is 0.0503. The molecule has 0 saturated carbocycles. The zero-order valence-electron chi connectivity index (χ0n) is 33.1. The van der Waals surface area contributed by atoms with E-state index in [1.54, 1.807) is 0 Å². The van der Waals surface area contributed by atoms with Crippen LogP contribution in [0.25, 0.3) is 0 Å². The summed E-state index contributed by atoms with van der Waals surface area (Å²) in [5.74, 6) is -0.566. The zero-order chi connectivity index (χ0) is 36.9. The number of esters is 2. The van der Waals surface area contributed by atoms with Crippen molar-refractivity contribution in [2.45, 2.75) is 149 Å². The van der Waals surface area contributed by atoms with Gasteiger partial charge >= 0.3 is 11.9 Å². The summed E-state index contributed by atoms with van der Waals surface area (Å²) in [5.41, 5.74) is 1.99. The van der Waals surface area contributed by atoms with E-state index in [0.29, 0.717) is 43.9 Å². The number of rotatable bonds is 29. The second-order valence-corrected chi connectivity index (χ2v) is 24.6. The lowest BCUT2D eigenvalue weighted by Gasteiger charge is -2.34. The van der Waals surface area contributed by atoms with Gasteiger partial charge in [-0.25, -0.2) is 0 Å². The van der Waals surface area contributed by atoms with Crippen LogP contribution >= 0.6 is 0 Å². The second kappa shape index (κ2) is 24.6. The average molecular weight is 709 g/mol. The molecule has 0 amide bonds. The number of carbonyl (C=O) groups excluding carboxylic acids is 2. The van der Waals surface area contributed by atoms with Crippen molar-refractivity contribution >= 4 is 44.3 Å². The Morgan fingerprint density at radius 3 is 1.46 bits per heavy atom. The molecular formula is C35H74B2N4O5Si2. The molecule has 0 aromatic heterocycles.